The van der Waals surface area contributed by atoms with Gasteiger partial charge in [0.1, 0.15) is 12.6 Å². The molecular weight excluding hydrogens is 284 g/mol. The average Bonchev–Trinajstić information content (AvgIpc) is 2.53. The minimum Gasteiger partial charge on any atom is -0.385 e. The van der Waals surface area contributed by atoms with Crippen LogP contribution in [0.3, 0.4) is 0 Å². The zero-order valence-electron chi connectivity index (χ0n) is 14.7. The van der Waals surface area contributed by atoms with E-state index in [1.54, 1.807) is 0 Å². The number of anilines is 2. The molecule has 0 amide bonds. The van der Waals surface area contributed by atoms with Crippen molar-refractivity contribution in [1.29, 1.82) is 0 Å². The van der Waals surface area contributed by atoms with Gasteiger partial charge in [-0.05, 0) is 38.1 Å². The molecule has 0 radical (unpaired) electrons. The van der Waals surface area contributed by atoms with Crippen LogP contribution in [0.25, 0.3) is 0 Å². The smallest absolute Gasteiger partial charge is 0.121 e. The summed E-state index contributed by atoms with van der Waals surface area (Å²) < 4.78 is 0.804. The lowest BCUT2D eigenvalue weighted by atomic mass is 10.1. The number of likely N-dealkylation sites (N-methyl/N-ethyl adjacent to an activating group) is 1. The van der Waals surface area contributed by atoms with Gasteiger partial charge in [-0.1, -0.05) is 36.4 Å². The lowest BCUT2D eigenvalue weighted by Crippen LogP contribution is -2.52. The van der Waals surface area contributed by atoms with Crippen molar-refractivity contribution in [1.82, 2.24) is 0 Å². The van der Waals surface area contributed by atoms with Gasteiger partial charge >= 0.3 is 0 Å². The third kappa shape index (κ3) is 4.81. The van der Waals surface area contributed by atoms with Crippen molar-refractivity contribution in [3.05, 3.63) is 60.7 Å². The van der Waals surface area contributed by atoms with Gasteiger partial charge in [-0.25, -0.2) is 0 Å². The number of aliphatic hydroxyl groups is 1. The Morgan fingerprint density at radius 3 is 1.70 bits per heavy atom. The summed E-state index contributed by atoms with van der Waals surface area (Å²) in [4.78, 5) is 2.19. The van der Waals surface area contributed by atoms with Gasteiger partial charge in [-0.3, -0.25) is 0 Å². The van der Waals surface area contributed by atoms with Gasteiger partial charge in [-0.2, -0.15) is 0 Å². The van der Waals surface area contributed by atoms with E-state index in [9.17, 15) is 5.11 Å². The van der Waals surface area contributed by atoms with E-state index in [2.05, 4.69) is 57.1 Å². The summed E-state index contributed by atoms with van der Waals surface area (Å²) in [5.41, 5.74) is 2.21. The van der Waals surface area contributed by atoms with E-state index in [1.165, 1.54) is 0 Å². The first-order valence-corrected chi connectivity index (χ1v) is 8.28. The molecule has 0 aliphatic carbocycles. The van der Waals surface area contributed by atoms with E-state index >= 15 is 0 Å². The Balaban J connectivity index is 2.19. The van der Waals surface area contributed by atoms with Crippen LogP contribution in [0, 0.1) is 0 Å². The van der Waals surface area contributed by atoms with Gasteiger partial charge in [0.2, 0.25) is 0 Å². The lowest BCUT2D eigenvalue weighted by Gasteiger charge is -2.37. The summed E-state index contributed by atoms with van der Waals surface area (Å²) >= 11 is 0. The van der Waals surface area contributed by atoms with Crippen LogP contribution in [-0.2, 0) is 0 Å². The largest absolute Gasteiger partial charge is 0.385 e. The molecule has 0 bridgehead atoms. The Hall–Kier alpha value is -1.84. The standard InChI is InChI=1S/C20H29N2O/c1-17(2)22(3,4)16-20(23)15-21(18-11-7-5-8-12-18)19-13-9-6-10-14-19/h5-14,17,20,23H,15-16H2,1-4H3/q+1/t20-/m0/s1. The minimum absolute atomic E-state index is 0.396. The molecule has 0 spiro atoms. The lowest BCUT2D eigenvalue weighted by molar-refractivity contribution is -0.913. The number of para-hydroxylation sites is 2. The van der Waals surface area contributed by atoms with E-state index in [0.717, 1.165) is 22.4 Å². The van der Waals surface area contributed by atoms with Crippen LogP contribution in [0.15, 0.2) is 60.7 Å². The quantitative estimate of drug-likeness (QED) is 0.788. The summed E-state index contributed by atoms with van der Waals surface area (Å²) in [5, 5.41) is 10.7. The first-order valence-electron chi connectivity index (χ1n) is 8.28. The maximum absolute atomic E-state index is 10.7. The molecule has 0 unspecified atom stereocenters. The molecule has 23 heavy (non-hydrogen) atoms. The van der Waals surface area contributed by atoms with E-state index in [-0.39, 0.29) is 0 Å². The van der Waals surface area contributed by atoms with Crippen LogP contribution in [-0.4, -0.2) is 48.9 Å². The highest BCUT2D eigenvalue weighted by atomic mass is 16.3. The zero-order chi connectivity index (χ0) is 16.9. The number of hydrogen-bond acceptors (Lipinski definition) is 2. The highest BCUT2D eigenvalue weighted by Crippen LogP contribution is 2.25. The molecular formula is C20H29N2O+. The molecule has 1 N–H and O–H groups in total. The van der Waals surface area contributed by atoms with Gasteiger partial charge in [0.25, 0.3) is 0 Å². The second kappa shape index (κ2) is 7.62. The summed E-state index contributed by atoms with van der Waals surface area (Å²) in [7, 11) is 4.34. The Bertz CT molecular complexity index is 542. The normalized spacial score (nSPS) is 13.1. The fourth-order valence-corrected chi connectivity index (χ4v) is 2.60. The summed E-state index contributed by atoms with van der Waals surface area (Å²) in [5.74, 6) is 0. The Labute approximate surface area is 140 Å². The maximum atomic E-state index is 10.7. The third-order valence-corrected chi connectivity index (χ3v) is 4.61. The van der Waals surface area contributed by atoms with Gasteiger partial charge in [-0.15, -0.1) is 0 Å². The second-order valence-corrected chi connectivity index (χ2v) is 6.99. The van der Waals surface area contributed by atoms with Crippen LogP contribution in [0.2, 0.25) is 0 Å². The number of hydrogen-bond donors (Lipinski definition) is 1. The molecule has 124 valence electrons. The maximum Gasteiger partial charge on any atom is 0.121 e. The third-order valence-electron chi connectivity index (χ3n) is 4.61. The van der Waals surface area contributed by atoms with Crippen LogP contribution < -0.4 is 4.90 Å². The second-order valence-electron chi connectivity index (χ2n) is 6.99. The molecule has 3 heteroatoms. The van der Waals surface area contributed by atoms with Crippen LogP contribution in [0.4, 0.5) is 11.4 Å². The Morgan fingerprint density at radius 1 is 0.870 bits per heavy atom. The van der Waals surface area contributed by atoms with E-state index in [0.29, 0.717) is 12.6 Å². The minimum atomic E-state index is -0.396. The van der Waals surface area contributed by atoms with Crippen molar-refractivity contribution < 1.29 is 9.59 Å². The fourth-order valence-electron chi connectivity index (χ4n) is 2.60. The van der Waals surface area contributed by atoms with Crippen LogP contribution in [0.1, 0.15) is 13.8 Å². The molecule has 2 rings (SSSR count). The zero-order valence-corrected chi connectivity index (χ0v) is 14.7. The molecule has 0 saturated heterocycles. The fraction of sp³-hybridized carbons (Fsp3) is 0.400. The molecule has 0 heterocycles. The molecule has 0 saturated carbocycles. The first-order chi connectivity index (χ1) is 10.9. The highest BCUT2D eigenvalue weighted by Gasteiger charge is 2.25. The summed E-state index contributed by atoms with van der Waals surface area (Å²) in [6.07, 6.45) is -0.396. The SMILES string of the molecule is CC(C)[N+](C)(C)C[C@@H](O)CN(c1ccccc1)c1ccccc1. The average molecular weight is 313 g/mol. The number of benzene rings is 2. The van der Waals surface area contributed by atoms with Crippen molar-refractivity contribution >= 4 is 11.4 Å². The first kappa shape index (κ1) is 17.5. The van der Waals surface area contributed by atoms with Crippen molar-refractivity contribution in [2.24, 2.45) is 0 Å². The van der Waals surface area contributed by atoms with Crippen LogP contribution in [0.5, 0.6) is 0 Å². The van der Waals surface area contributed by atoms with Crippen LogP contribution >= 0.6 is 0 Å². The van der Waals surface area contributed by atoms with Crippen molar-refractivity contribution in [2.75, 3.05) is 32.1 Å². The van der Waals surface area contributed by atoms with Gasteiger partial charge in [0.15, 0.2) is 0 Å². The molecule has 1 atom stereocenters. The Kier molecular flexibility index (Phi) is 5.80. The number of rotatable bonds is 7. The predicted octanol–water partition coefficient (Wildman–Crippen LogP) is 3.67. The monoisotopic (exact) mass is 313 g/mol. The topological polar surface area (TPSA) is 23.5 Å². The molecule has 2 aromatic rings. The van der Waals surface area contributed by atoms with Gasteiger partial charge in [0, 0.05) is 11.4 Å². The van der Waals surface area contributed by atoms with E-state index in [1.807, 2.05) is 36.4 Å². The molecule has 3 nitrogen and oxygen atoms in total. The van der Waals surface area contributed by atoms with Gasteiger partial charge in [0.05, 0.1) is 26.7 Å². The molecule has 2 aromatic carbocycles. The number of nitrogens with zero attached hydrogens (tertiary/aromatic N) is 2. The van der Waals surface area contributed by atoms with Crippen molar-refractivity contribution in [2.45, 2.75) is 26.0 Å². The van der Waals surface area contributed by atoms with E-state index < -0.39 is 6.10 Å². The molecule has 0 aromatic heterocycles. The van der Waals surface area contributed by atoms with E-state index in [4.69, 9.17) is 0 Å². The van der Waals surface area contributed by atoms with Crippen molar-refractivity contribution in [3.8, 4) is 0 Å². The van der Waals surface area contributed by atoms with Crippen molar-refractivity contribution in [3.63, 3.8) is 0 Å². The molecule has 0 aliphatic heterocycles. The Morgan fingerprint density at radius 2 is 1.30 bits per heavy atom. The van der Waals surface area contributed by atoms with Gasteiger partial charge < -0.3 is 14.5 Å². The number of aliphatic hydroxyl groups excluding tert-OH is 1. The summed E-state index contributed by atoms with van der Waals surface area (Å²) in [6.45, 7) is 5.70. The molecule has 0 fully saturated rings. The highest BCUT2D eigenvalue weighted by molar-refractivity contribution is 5.63. The summed E-state index contributed by atoms with van der Waals surface area (Å²) in [6, 6.07) is 21.0. The number of quaternary nitrogens is 1. The molecule has 0 aliphatic rings. The predicted molar refractivity (Wildman–Crippen MR) is 98.0 cm³/mol.